The molecule has 3 nitrogen and oxygen atoms in total. The van der Waals surface area contributed by atoms with E-state index in [0.29, 0.717) is 0 Å². The van der Waals surface area contributed by atoms with Gasteiger partial charge in [0.15, 0.2) is 5.42 Å². The molecule has 2 aliphatic rings. The molecule has 2 aliphatic carbocycles. The van der Waals surface area contributed by atoms with Crippen molar-refractivity contribution in [2.75, 3.05) is 4.90 Å². The highest BCUT2D eigenvalue weighted by molar-refractivity contribution is 7.18. The lowest BCUT2D eigenvalue weighted by molar-refractivity contribution is 0.564. The van der Waals surface area contributed by atoms with Crippen LogP contribution < -0.4 is 15.5 Å². The van der Waals surface area contributed by atoms with Gasteiger partial charge in [-0.3, -0.25) is 0 Å². The quantitative estimate of drug-likeness (QED) is 0.144. The Labute approximate surface area is 403 Å². The molecule has 0 radical (unpaired) electrons. The van der Waals surface area contributed by atoms with Crippen LogP contribution in [0.4, 0.5) is 17.1 Å². The number of rotatable bonds is 9. The number of anilines is 3. The predicted octanol–water partition coefficient (Wildman–Crippen LogP) is 16.9. The molecule has 0 fully saturated rings. The lowest BCUT2D eigenvalue weighted by Gasteiger charge is -2.26. The highest BCUT2D eigenvalue weighted by atomic mass is 32.1. The van der Waals surface area contributed by atoms with Crippen LogP contribution in [0.2, 0.25) is 0 Å². The number of benzene rings is 7. The zero-order valence-corrected chi connectivity index (χ0v) is 38.8. The molecular weight excluding hydrogens is 865 g/mol. The molecule has 11 aromatic rings. The Balaban J connectivity index is 0.861. The molecule has 0 atom stereocenters. The first-order valence-electron chi connectivity index (χ1n) is 23.3. The van der Waals surface area contributed by atoms with Gasteiger partial charge in [-0.25, -0.2) is 0 Å². The van der Waals surface area contributed by atoms with E-state index in [0.717, 1.165) is 47.3 Å². The van der Waals surface area contributed by atoms with E-state index in [-0.39, 0.29) is 0 Å². The lowest BCUT2D eigenvalue weighted by atomic mass is 10.0. The second kappa shape index (κ2) is 17.0. The Kier molecular flexibility index (Phi) is 10.1. The van der Waals surface area contributed by atoms with Gasteiger partial charge in [-0.15, -0.1) is 22.7 Å². The largest absolute Gasteiger partial charge is 0.454 e. The van der Waals surface area contributed by atoms with E-state index in [9.17, 15) is 0 Å². The number of fused-ring (bicyclic) bond motifs is 6. The molecule has 5 heteroatoms. The average molecular weight is 909 g/mol. The number of nitrogens with zero attached hydrogens (tertiary/aromatic N) is 2. The SMILES string of the molecule is C1=CCC=C(c2ccc(-c3ccc(N(c4ccc(-c5ccc6c(c5)c5ccccc5n6C5=c6oc7ccccc7c6=CCC5)cc4)c4ccc(-c5ccc(-c6ccccc6)s5)cc4)cc3)s2)C=C1. The van der Waals surface area contributed by atoms with Gasteiger partial charge < -0.3 is 13.9 Å². The summed E-state index contributed by atoms with van der Waals surface area (Å²) < 4.78 is 9.05. The monoisotopic (exact) mass is 908 g/mol. The lowest BCUT2D eigenvalue weighted by Crippen LogP contribution is -2.28. The summed E-state index contributed by atoms with van der Waals surface area (Å²) >= 11 is 3.68. The van der Waals surface area contributed by atoms with Gasteiger partial charge in [-0.05, 0) is 138 Å². The maximum Gasteiger partial charge on any atom is 0.154 e. The van der Waals surface area contributed by atoms with Crippen LogP contribution in [0, 0.1) is 0 Å². The van der Waals surface area contributed by atoms with Crippen molar-refractivity contribution in [2.24, 2.45) is 0 Å². The predicted molar refractivity (Wildman–Crippen MR) is 290 cm³/mol. The standard InChI is InChI=1S/C63H44N2OS2/c1-2-5-14-43(13-4-1)59-37-39-61(67-59)45-25-32-49(33-26-45)64(50-34-27-46(28-35-50)62-40-38-60(68-62)44-15-6-3-7-16-44)48-30-23-42(24-31-48)47-29-36-56-54(41-47)51-17-8-10-20-55(51)65(56)57-21-12-19-53-52-18-9-11-22-58(52)66-63(53)57/h1-4,6-11,13-20,22-41H,5,12,21H2. The van der Waals surface area contributed by atoms with Gasteiger partial charge in [-0.1, -0.05) is 146 Å². The molecule has 0 aliphatic heterocycles. The Morgan fingerprint density at radius 1 is 0.456 bits per heavy atom. The van der Waals surface area contributed by atoms with E-state index >= 15 is 0 Å². The third-order valence-electron chi connectivity index (χ3n) is 13.4. The third-order valence-corrected chi connectivity index (χ3v) is 15.8. The van der Waals surface area contributed by atoms with Gasteiger partial charge in [0, 0.05) is 57.9 Å². The summed E-state index contributed by atoms with van der Waals surface area (Å²) in [6.45, 7) is 0. The van der Waals surface area contributed by atoms with Crippen LogP contribution in [-0.2, 0) is 0 Å². The third kappa shape index (κ3) is 7.19. The molecule has 0 saturated carbocycles. The molecular formula is C63H44N2OS2. The van der Waals surface area contributed by atoms with Gasteiger partial charge in [0.1, 0.15) is 5.58 Å². The minimum absolute atomic E-state index is 0.915. The summed E-state index contributed by atoms with van der Waals surface area (Å²) in [5, 5.41) is 4.87. The topological polar surface area (TPSA) is 21.3 Å². The first-order chi connectivity index (χ1) is 33.7. The maximum atomic E-state index is 6.61. The van der Waals surface area contributed by atoms with Gasteiger partial charge in [0.05, 0.1) is 16.7 Å². The highest BCUT2D eigenvalue weighted by Gasteiger charge is 2.20. The average Bonchev–Trinajstić information content (AvgIpc) is 4.20. The summed E-state index contributed by atoms with van der Waals surface area (Å²) in [6, 6.07) is 70.9. The van der Waals surface area contributed by atoms with Crippen molar-refractivity contribution in [1.29, 1.82) is 0 Å². The molecule has 0 bridgehead atoms. The van der Waals surface area contributed by atoms with Crippen LogP contribution >= 0.6 is 22.7 Å². The molecule has 0 spiro atoms. The molecule has 324 valence electrons. The van der Waals surface area contributed by atoms with E-state index in [1.54, 1.807) is 0 Å². The second-order valence-corrected chi connectivity index (χ2v) is 19.6. The van der Waals surface area contributed by atoms with Gasteiger partial charge in [-0.2, -0.15) is 0 Å². The van der Waals surface area contributed by atoms with Crippen LogP contribution in [0.15, 0.2) is 229 Å². The Morgan fingerprint density at radius 3 is 1.75 bits per heavy atom. The van der Waals surface area contributed by atoms with Crippen molar-refractivity contribution in [1.82, 2.24) is 4.57 Å². The number of furan rings is 1. The van der Waals surface area contributed by atoms with Gasteiger partial charge >= 0.3 is 0 Å². The van der Waals surface area contributed by atoms with E-state index in [1.165, 1.54) is 91.0 Å². The molecule has 68 heavy (non-hydrogen) atoms. The molecule has 0 saturated heterocycles. The van der Waals surface area contributed by atoms with E-state index in [4.69, 9.17) is 4.42 Å². The fourth-order valence-electron chi connectivity index (χ4n) is 10.1. The summed E-state index contributed by atoms with van der Waals surface area (Å²) in [7, 11) is 0. The minimum Gasteiger partial charge on any atom is -0.454 e. The number of hydrogen-bond donors (Lipinski definition) is 0. The van der Waals surface area contributed by atoms with Crippen LogP contribution in [0.3, 0.4) is 0 Å². The Hall–Kier alpha value is -7.96. The first-order valence-corrected chi connectivity index (χ1v) is 25.0. The van der Waals surface area contributed by atoms with Crippen LogP contribution in [0.1, 0.15) is 24.1 Å². The number of aromatic nitrogens is 1. The van der Waals surface area contributed by atoms with Crippen molar-refractivity contribution in [2.45, 2.75) is 19.3 Å². The summed E-state index contributed by atoms with van der Waals surface area (Å²) in [6.07, 6.45) is 16.2. The van der Waals surface area contributed by atoms with Crippen LogP contribution in [0.5, 0.6) is 0 Å². The number of allylic oxidation sites excluding steroid dienone is 6. The molecule has 4 heterocycles. The second-order valence-electron chi connectivity index (χ2n) is 17.5. The normalized spacial score (nSPS) is 13.5. The summed E-state index contributed by atoms with van der Waals surface area (Å²) in [5.41, 5.74) is 16.2. The number of hydrogen-bond acceptors (Lipinski definition) is 4. The smallest absolute Gasteiger partial charge is 0.154 e. The Morgan fingerprint density at radius 2 is 1.03 bits per heavy atom. The number of thiophene rings is 2. The molecule has 4 aromatic heterocycles. The van der Waals surface area contributed by atoms with Crippen molar-refractivity contribution >= 4 is 89.9 Å². The van der Waals surface area contributed by atoms with Crippen molar-refractivity contribution < 1.29 is 4.42 Å². The van der Waals surface area contributed by atoms with E-state index in [1.807, 2.05) is 22.7 Å². The van der Waals surface area contributed by atoms with Gasteiger partial charge in [0.25, 0.3) is 0 Å². The molecule has 7 aromatic carbocycles. The zero-order valence-electron chi connectivity index (χ0n) is 37.2. The zero-order chi connectivity index (χ0) is 45.0. The molecule has 0 unspecified atom stereocenters. The van der Waals surface area contributed by atoms with Crippen LogP contribution in [-0.4, -0.2) is 4.57 Å². The Bertz CT molecular complexity index is 3910. The van der Waals surface area contributed by atoms with Crippen molar-refractivity contribution in [3.05, 3.63) is 240 Å². The van der Waals surface area contributed by atoms with Crippen molar-refractivity contribution in [3.63, 3.8) is 0 Å². The van der Waals surface area contributed by atoms with Gasteiger partial charge in [0.2, 0.25) is 0 Å². The first kappa shape index (κ1) is 40.3. The number of para-hydroxylation sites is 2. The summed E-state index contributed by atoms with van der Waals surface area (Å²) in [4.78, 5) is 7.46. The minimum atomic E-state index is 0.915. The highest BCUT2D eigenvalue weighted by Crippen LogP contribution is 2.42. The summed E-state index contributed by atoms with van der Waals surface area (Å²) in [5.74, 6) is 0. The van der Waals surface area contributed by atoms with Crippen LogP contribution in [0.25, 0.3) is 92.6 Å². The molecule has 0 amide bonds. The van der Waals surface area contributed by atoms with E-state index < -0.39 is 0 Å². The van der Waals surface area contributed by atoms with Crippen molar-refractivity contribution in [3.8, 4) is 42.4 Å². The fourth-order valence-corrected chi connectivity index (χ4v) is 12.1. The molecule has 13 rings (SSSR count). The fraction of sp³-hybridized carbons (Fsp3) is 0.0476. The van der Waals surface area contributed by atoms with E-state index in [2.05, 4.69) is 240 Å². The maximum absolute atomic E-state index is 6.61. The molecule has 0 N–H and O–H groups in total.